The zero-order valence-electron chi connectivity index (χ0n) is 9.93. The zero-order chi connectivity index (χ0) is 11.6. The van der Waals surface area contributed by atoms with Gasteiger partial charge in [-0.1, -0.05) is 24.6 Å². The molecular formula is C12H18N4S. The van der Waals surface area contributed by atoms with Crippen LogP contribution in [0.1, 0.15) is 25.7 Å². The summed E-state index contributed by atoms with van der Waals surface area (Å²) in [5.41, 5.74) is 0.384. The van der Waals surface area contributed by atoms with Crippen LogP contribution in [0.25, 0.3) is 0 Å². The van der Waals surface area contributed by atoms with Crippen LogP contribution in [0.5, 0.6) is 0 Å². The van der Waals surface area contributed by atoms with Crippen LogP contribution in [0.2, 0.25) is 0 Å². The molecule has 2 aliphatic rings. The van der Waals surface area contributed by atoms with Gasteiger partial charge in [-0.05, 0) is 18.9 Å². The van der Waals surface area contributed by atoms with Gasteiger partial charge in [-0.25, -0.2) is 0 Å². The summed E-state index contributed by atoms with van der Waals surface area (Å²) in [4.78, 5) is 4.62. The molecule has 1 aromatic rings. The van der Waals surface area contributed by atoms with Gasteiger partial charge in [-0.2, -0.15) is 5.10 Å². The van der Waals surface area contributed by atoms with Gasteiger partial charge in [0.05, 0.1) is 13.1 Å². The number of hydrogen-bond acceptors (Lipinski definition) is 3. The lowest BCUT2D eigenvalue weighted by Gasteiger charge is -2.21. The number of amidine groups is 1. The molecular weight excluding hydrogens is 232 g/mol. The summed E-state index contributed by atoms with van der Waals surface area (Å²) >= 11 is 1.88. The molecule has 3 rings (SSSR count). The van der Waals surface area contributed by atoms with Crippen molar-refractivity contribution in [2.45, 2.75) is 37.8 Å². The molecule has 1 spiro atoms. The molecule has 0 atom stereocenters. The summed E-state index contributed by atoms with van der Waals surface area (Å²) in [6, 6.07) is 1.95. The molecule has 0 amide bonds. The molecule has 2 fully saturated rings. The van der Waals surface area contributed by atoms with Crippen LogP contribution in [0.3, 0.4) is 0 Å². The van der Waals surface area contributed by atoms with Crippen molar-refractivity contribution in [2.75, 3.05) is 12.3 Å². The van der Waals surface area contributed by atoms with Gasteiger partial charge in [0, 0.05) is 23.7 Å². The maximum Gasteiger partial charge on any atom is 0.157 e. The third kappa shape index (κ3) is 2.49. The van der Waals surface area contributed by atoms with E-state index in [9.17, 15) is 0 Å². The minimum Gasteiger partial charge on any atom is -0.359 e. The van der Waals surface area contributed by atoms with Gasteiger partial charge in [0.15, 0.2) is 5.17 Å². The predicted molar refractivity (Wildman–Crippen MR) is 71.3 cm³/mol. The Morgan fingerprint density at radius 1 is 1.47 bits per heavy atom. The quantitative estimate of drug-likeness (QED) is 0.890. The minimum atomic E-state index is 0.384. The van der Waals surface area contributed by atoms with Crippen molar-refractivity contribution in [3.63, 3.8) is 0 Å². The molecule has 1 aromatic heterocycles. The van der Waals surface area contributed by atoms with Crippen LogP contribution in [0, 0.1) is 0 Å². The lowest BCUT2D eigenvalue weighted by molar-refractivity contribution is 0.452. The lowest BCUT2D eigenvalue weighted by Crippen LogP contribution is -2.40. The number of aromatic nitrogens is 2. The zero-order valence-corrected chi connectivity index (χ0v) is 10.7. The number of hydrogen-bond donors (Lipinski definition) is 1. The third-order valence-electron chi connectivity index (χ3n) is 3.56. The highest BCUT2D eigenvalue weighted by atomic mass is 32.2. The van der Waals surface area contributed by atoms with Gasteiger partial charge in [0.2, 0.25) is 0 Å². The topological polar surface area (TPSA) is 42.2 Å². The van der Waals surface area contributed by atoms with Gasteiger partial charge < -0.3 is 5.32 Å². The number of nitrogens with one attached hydrogen (secondary N) is 1. The Hall–Kier alpha value is -0.970. The van der Waals surface area contributed by atoms with E-state index in [1.165, 1.54) is 31.4 Å². The van der Waals surface area contributed by atoms with Gasteiger partial charge in [0.1, 0.15) is 0 Å². The predicted octanol–water partition coefficient (Wildman–Crippen LogP) is 1.89. The first-order valence-electron chi connectivity index (χ1n) is 6.29. The lowest BCUT2D eigenvalue weighted by atomic mass is 10.0. The van der Waals surface area contributed by atoms with E-state index in [0.29, 0.717) is 5.54 Å². The van der Waals surface area contributed by atoms with Crippen molar-refractivity contribution >= 4 is 16.9 Å². The van der Waals surface area contributed by atoms with Crippen LogP contribution in [0.15, 0.2) is 23.5 Å². The summed E-state index contributed by atoms with van der Waals surface area (Å²) < 4.78 is 1.93. The summed E-state index contributed by atoms with van der Waals surface area (Å²) in [7, 11) is 0. The average molecular weight is 250 g/mol. The molecule has 0 bridgehead atoms. The molecule has 92 valence electrons. The minimum absolute atomic E-state index is 0.384. The molecule has 1 aliphatic carbocycles. The van der Waals surface area contributed by atoms with E-state index in [-0.39, 0.29) is 0 Å². The first kappa shape index (κ1) is 11.1. The van der Waals surface area contributed by atoms with Crippen molar-refractivity contribution in [1.29, 1.82) is 0 Å². The van der Waals surface area contributed by atoms with Crippen molar-refractivity contribution in [2.24, 2.45) is 4.99 Å². The second-order valence-corrected chi connectivity index (χ2v) is 5.82. The molecule has 1 saturated heterocycles. The Bertz CT molecular complexity index is 393. The first-order chi connectivity index (χ1) is 8.36. The van der Waals surface area contributed by atoms with Gasteiger partial charge in [-0.15, -0.1) is 0 Å². The molecule has 5 heteroatoms. The summed E-state index contributed by atoms with van der Waals surface area (Å²) in [5.74, 6) is 1.20. The van der Waals surface area contributed by atoms with E-state index in [2.05, 4.69) is 15.4 Å². The van der Waals surface area contributed by atoms with Crippen LogP contribution in [-0.2, 0) is 6.54 Å². The van der Waals surface area contributed by atoms with Crippen molar-refractivity contribution in [1.82, 2.24) is 15.1 Å². The second kappa shape index (κ2) is 4.72. The van der Waals surface area contributed by atoms with Crippen molar-refractivity contribution in [3.05, 3.63) is 18.5 Å². The summed E-state index contributed by atoms with van der Waals surface area (Å²) in [6.07, 6.45) is 9.16. The number of aliphatic imine (C=N–C) groups is 1. The van der Waals surface area contributed by atoms with Crippen LogP contribution < -0.4 is 5.32 Å². The Morgan fingerprint density at radius 2 is 2.35 bits per heavy atom. The van der Waals surface area contributed by atoms with Crippen LogP contribution >= 0.6 is 11.8 Å². The second-order valence-electron chi connectivity index (χ2n) is 4.86. The summed E-state index contributed by atoms with van der Waals surface area (Å²) in [5, 5.41) is 8.94. The first-order valence-corrected chi connectivity index (χ1v) is 7.28. The largest absolute Gasteiger partial charge is 0.359 e. The summed E-state index contributed by atoms with van der Waals surface area (Å²) in [6.45, 7) is 1.68. The Kier molecular flexibility index (Phi) is 3.09. The van der Waals surface area contributed by atoms with E-state index in [4.69, 9.17) is 0 Å². The fraction of sp³-hybridized carbons (Fsp3) is 0.667. The number of nitrogens with zero attached hydrogens (tertiary/aromatic N) is 3. The SMILES string of the molecule is c1cnn(CCN=C2NC3(CCCC3)CS2)c1. The molecule has 2 heterocycles. The number of rotatable bonds is 3. The molecule has 4 nitrogen and oxygen atoms in total. The fourth-order valence-electron chi connectivity index (χ4n) is 2.60. The van der Waals surface area contributed by atoms with Crippen LogP contribution in [0.4, 0.5) is 0 Å². The van der Waals surface area contributed by atoms with Crippen molar-refractivity contribution < 1.29 is 0 Å². The van der Waals surface area contributed by atoms with E-state index in [1.807, 2.05) is 34.9 Å². The highest BCUT2D eigenvalue weighted by Gasteiger charge is 2.39. The highest BCUT2D eigenvalue weighted by molar-refractivity contribution is 8.14. The monoisotopic (exact) mass is 250 g/mol. The van der Waals surface area contributed by atoms with E-state index in [0.717, 1.165) is 18.3 Å². The standard InChI is InChI=1S/C12H18N4S/c1-2-5-12(4-1)10-17-11(15-12)13-7-9-16-8-3-6-14-16/h3,6,8H,1-2,4-5,7,9-10H2,(H,13,15). The molecule has 17 heavy (non-hydrogen) atoms. The number of thioether (sulfide) groups is 1. The highest BCUT2D eigenvalue weighted by Crippen LogP contribution is 2.37. The molecule has 1 saturated carbocycles. The van der Waals surface area contributed by atoms with Gasteiger partial charge in [-0.3, -0.25) is 9.67 Å². The van der Waals surface area contributed by atoms with E-state index in [1.54, 1.807) is 0 Å². The van der Waals surface area contributed by atoms with E-state index < -0.39 is 0 Å². The smallest absolute Gasteiger partial charge is 0.157 e. The van der Waals surface area contributed by atoms with Gasteiger partial charge >= 0.3 is 0 Å². The Morgan fingerprint density at radius 3 is 3.12 bits per heavy atom. The maximum atomic E-state index is 4.62. The van der Waals surface area contributed by atoms with Gasteiger partial charge in [0.25, 0.3) is 0 Å². The van der Waals surface area contributed by atoms with Crippen LogP contribution in [-0.4, -0.2) is 32.8 Å². The normalized spacial score (nSPS) is 24.6. The molecule has 1 aliphatic heterocycles. The Balaban J connectivity index is 1.52. The average Bonchev–Trinajstić information content (AvgIpc) is 3.04. The molecule has 0 unspecified atom stereocenters. The molecule has 0 aromatic carbocycles. The van der Waals surface area contributed by atoms with E-state index >= 15 is 0 Å². The Labute approximate surface area is 106 Å². The fourth-order valence-corrected chi connectivity index (χ4v) is 3.84. The molecule has 1 N–H and O–H groups in total. The molecule has 0 radical (unpaired) electrons. The van der Waals surface area contributed by atoms with Crippen molar-refractivity contribution in [3.8, 4) is 0 Å². The third-order valence-corrected chi connectivity index (χ3v) is 4.76. The maximum absolute atomic E-state index is 4.62.